The predicted octanol–water partition coefficient (Wildman–Crippen LogP) is 5.10. The SMILES string of the molecule is CCN(C(=O)c1ccccc1C(=O)c1ccc(Cl)cc1)C(C)(C)CNS(=O)(=O)c1ccc(C)cc1. The van der Waals surface area contributed by atoms with E-state index >= 15 is 0 Å². The minimum atomic E-state index is -3.76. The number of rotatable bonds is 9. The maximum absolute atomic E-state index is 13.6. The zero-order valence-corrected chi connectivity index (χ0v) is 21.8. The third-order valence-corrected chi connectivity index (χ3v) is 7.50. The Hall–Kier alpha value is -3.00. The quantitative estimate of drug-likeness (QED) is 0.404. The highest BCUT2D eigenvalue weighted by atomic mass is 35.5. The number of benzene rings is 3. The van der Waals surface area contributed by atoms with Gasteiger partial charge < -0.3 is 4.90 Å². The van der Waals surface area contributed by atoms with Gasteiger partial charge in [0, 0.05) is 29.2 Å². The molecule has 0 bridgehead atoms. The Balaban J connectivity index is 1.85. The first kappa shape index (κ1) is 26.6. The van der Waals surface area contributed by atoms with Crippen molar-refractivity contribution >= 4 is 33.3 Å². The van der Waals surface area contributed by atoms with E-state index in [0.29, 0.717) is 17.1 Å². The highest BCUT2D eigenvalue weighted by molar-refractivity contribution is 7.89. The smallest absolute Gasteiger partial charge is 0.255 e. The summed E-state index contributed by atoms with van der Waals surface area (Å²) in [6.45, 7) is 7.59. The Kier molecular flexibility index (Phi) is 8.15. The van der Waals surface area contributed by atoms with Crippen molar-refractivity contribution in [3.05, 3.63) is 100 Å². The lowest BCUT2D eigenvalue weighted by molar-refractivity contribution is 0.0571. The summed E-state index contributed by atoms with van der Waals surface area (Å²) >= 11 is 5.94. The second-order valence-electron chi connectivity index (χ2n) is 8.88. The lowest BCUT2D eigenvalue weighted by Crippen LogP contribution is -2.54. The van der Waals surface area contributed by atoms with Crippen molar-refractivity contribution in [3.63, 3.8) is 0 Å². The van der Waals surface area contributed by atoms with Crippen LogP contribution in [-0.2, 0) is 10.0 Å². The van der Waals surface area contributed by atoms with Gasteiger partial charge in [0.1, 0.15) is 0 Å². The summed E-state index contributed by atoms with van der Waals surface area (Å²) in [4.78, 5) is 28.5. The number of carbonyl (C=O) groups is 2. The second-order valence-corrected chi connectivity index (χ2v) is 11.1. The van der Waals surface area contributed by atoms with Gasteiger partial charge >= 0.3 is 0 Å². The van der Waals surface area contributed by atoms with Crippen molar-refractivity contribution in [1.82, 2.24) is 9.62 Å². The maximum Gasteiger partial charge on any atom is 0.255 e. The monoisotopic (exact) mass is 512 g/mol. The molecular weight excluding hydrogens is 484 g/mol. The molecule has 0 aliphatic carbocycles. The predicted molar refractivity (Wildman–Crippen MR) is 138 cm³/mol. The van der Waals surface area contributed by atoms with Crippen molar-refractivity contribution in [2.24, 2.45) is 0 Å². The Labute approximate surface area is 212 Å². The van der Waals surface area contributed by atoms with E-state index in [1.54, 1.807) is 91.5 Å². The molecule has 0 aromatic heterocycles. The number of hydrogen-bond donors (Lipinski definition) is 1. The molecule has 3 aromatic rings. The number of halogens is 1. The van der Waals surface area contributed by atoms with E-state index in [1.807, 2.05) is 13.8 Å². The van der Waals surface area contributed by atoms with Gasteiger partial charge in [0.15, 0.2) is 5.78 Å². The normalized spacial score (nSPS) is 11.8. The molecule has 1 amide bonds. The Morgan fingerprint density at radius 3 is 2.06 bits per heavy atom. The van der Waals surface area contributed by atoms with Gasteiger partial charge in [0.05, 0.1) is 16.0 Å². The van der Waals surface area contributed by atoms with E-state index in [2.05, 4.69) is 4.72 Å². The van der Waals surface area contributed by atoms with E-state index in [1.165, 1.54) is 0 Å². The first-order chi connectivity index (χ1) is 16.5. The minimum Gasteiger partial charge on any atom is -0.332 e. The molecule has 35 heavy (non-hydrogen) atoms. The zero-order valence-electron chi connectivity index (χ0n) is 20.2. The molecule has 0 spiro atoms. The van der Waals surface area contributed by atoms with Gasteiger partial charge in [0.25, 0.3) is 5.91 Å². The number of amides is 1. The summed E-state index contributed by atoms with van der Waals surface area (Å²) in [5.41, 5.74) is 1.03. The molecule has 184 valence electrons. The molecule has 0 unspecified atom stereocenters. The molecule has 0 aliphatic heterocycles. The average Bonchev–Trinajstić information content (AvgIpc) is 2.83. The molecule has 3 aromatic carbocycles. The van der Waals surface area contributed by atoms with Gasteiger partial charge in [-0.05, 0) is 70.2 Å². The zero-order chi connectivity index (χ0) is 25.8. The highest BCUT2D eigenvalue weighted by Gasteiger charge is 2.33. The topological polar surface area (TPSA) is 83.6 Å². The van der Waals surface area contributed by atoms with Crippen molar-refractivity contribution in [3.8, 4) is 0 Å². The van der Waals surface area contributed by atoms with Crippen molar-refractivity contribution in [2.45, 2.75) is 38.1 Å². The number of likely N-dealkylation sites (N-methyl/N-ethyl adjacent to an activating group) is 1. The van der Waals surface area contributed by atoms with Gasteiger partial charge in [-0.25, -0.2) is 13.1 Å². The van der Waals surface area contributed by atoms with E-state index in [0.717, 1.165) is 5.56 Å². The van der Waals surface area contributed by atoms with Crippen LogP contribution in [0.1, 0.15) is 52.6 Å². The summed E-state index contributed by atoms with van der Waals surface area (Å²) in [6.07, 6.45) is 0. The Morgan fingerprint density at radius 2 is 1.49 bits per heavy atom. The summed E-state index contributed by atoms with van der Waals surface area (Å²) in [5, 5.41) is 0.512. The average molecular weight is 513 g/mol. The van der Waals surface area contributed by atoms with E-state index in [9.17, 15) is 18.0 Å². The lowest BCUT2D eigenvalue weighted by Gasteiger charge is -2.38. The van der Waals surface area contributed by atoms with Crippen molar-refractivity contribution in [2.75, 3.05) is 13.1 Å². The summed E-state index contributed by atoms with van der Waals surface area (Å²) < 4.78 is 28.2. The van der Waals surface area contributed by atoms with E-state index in [-0.39, 0.29) is 34.3 Å². The molecule has 0 aliphatic rings. The summed E-state index contributed by atoms with van der Waals surface area (Å²) in [5.74, 6) is -0.649. The van der Waals surface area contributed by atoms with Crippen LogP contribution in [0.25, 0.3) is 0 Å². The molecule has 1 N–H and O–H groups in total. The Morgan fingerprint density at radius 1 is 0.914 bits per heavy atom. The summed E-state index contributed by atoms with van der Waals surface area (Å²) in [7, 11) is -3.76. The molecule has 0 atom stereocenters. The van der Waals surface area contributed by atoms with Crippen molar-refractivity contribution in [1.29, 1.82) is 0 Å². The van der Waals surface area contributed by atoms with Crippen LogP contribution in [0.3, 0.4) is 0 Å². The van der Waals surface area contributed by atoms with Crippen molar-refractivity contribution < 1.29 is 18.0 Å². The van der Waals surface area contributed by atoms with Gasteiger partial charge in [-0.15, -0.1) is 0 Å². The van der Waals surface area contributed by atoms with Crippen LogP contribution < -0.4 is 4.72 Å². The number of carbonyl (C=O) groups excluding carboxylic acids is 2. The molecular formula is C27H29ClN2O4S. The molecule has 8 heteroatoms. The third-order valence-electron chi connectivity index (χ3n) is 5.83. The second kappa shape index (κ2) is 10.7. The van der Waals surface area contributed by atoms with Gasteiger partial charge in [-0.1, -0.05) is 47.5 Å². The highest BCUT2D eigenvalue weighted by Crippen LogP contribution is 2.23. The van der Waals surface area contributed by atoms with Crippen LogP contribution in [0.4, 0.5) is 0 Å². The number of hydrogen-bond acceptors (Lipinski definition) is 4. The molecule has 0 radical (unpaired) electrons. The van der Waals surface area contributed by atoms with E-state index < -0.39 is 15.6 Å². The standard InChI is InChI=1S/C27H29ClN2O4S/c1-5-30(27(3,4)18-29-35(33,34)22-16-10-19(2)11-17-22)26(32)24-9-7-6-8-23(24)25(31)20-12-14-21(28)15-13-20/h6-17,29H,5,18H2,1-4H3. The number of ketones is 1. The fourth-order valence-electron chi connectivity index (χ4n) is 3.78. The van der Waals surface area contributed by atoms with Crippen LogP contribution in [0.15, 0.2) is 77.7 Å². The molecule has 6 nitrogen and oxygen atoms in total. The fourth-order valence-corrected chi connectivity index (χ4v) is 5.11. The number of aryl methyl sites for hydroxylation is 1. The first-order valence-electron chi connectivity index (χ1n) is 11.2. The number of nitrogens with zero attached hydrogens (tertiary/aromatic N) is 1. The molecule has 3 rings (SSSR count). The minimum absolute atomic E-state index is 0.00388. The van der Waals surface area contributed by atoms with Gasteiger partial charge in [0.2, 0.25) is 10.0 Å². The maximum atomic E-state index is 13.6. The Bertz CT molecular complexity index is 1320. The van der Waals surface area contributed by atoms with Gasteiger partial charge in [-0.3, -0.25) is 9.59 Å². The van der Waals surface area contributed by atoms with Crippen LogP contribution in [0.5, 0.6) is 0 Å². The van der Waals surface area contributed by atoms with Crippen LogP contribution in [0, 0.1) is 6.92 Å². The van der Waals surface area contributed by atoms with Crippen LogP contribution in [0.2, 0.25) is 5.02 Å². The van der Waals surface area contributed by atoms with Crippen LogP contribution in [-0.4, -0.2) is 43.6 Å². The first-order valence-corrected chi connectivity index (χ1v) is 13.1. The lowest BCUT2D eigenvalue weighted by atomic mass is 9.95. The number of nitrogens with one attached hydrogen (secondary N) is 1. The number of sulfonamides is 1. The molecule has 0 heterocycles. The van der Waals surface area contributed by atoms with Crippen LogP contribution >= 0.6 is 11.6 Å². The van der Waals surface area contributed by atoms with E-state index in [4.69, 9.17) is 11.6 Å². The molecule has 0 saturated carbocycles. The largest absolute Gasteiger partial charge is 0.332 e. The summed E-state index contributed by atoms with van der Waals surface area (Å²) in [6, 6.07) is 19.7. The fraction of sp³-hybridized carbons (Fsp3) is 0.259. The molecule has 0 saturated heterocycles. The van der Waals surface area contributed by atoms with Gasteiger partial charge in [-0.2, -0.15) is 0 Å². The third kappa shape index (κ3) is 6.17. The molecule has 0 fully saturated rings.